The van der Waals surface area contributed by atoms with E-state index in [4.69, 9.17) is 21.1 Å². The fourth-order valence-electron chi connectivity index (χ4n) is 0.492. The summed E-state index contributed by atoms with van der Waals surface area (Å²) in [5.74, 6) is -0.0872. The predicted molar refractivity (Wildman–Crippen MR) is 44.4 cm³/mol. The fraction of sp³-hybridized carbons (Fsp3) is 0.857. The molecule has 0 N–H and O–H groups in total. The number of hydrogen-bond acceptors (Lipinski definition) is 4. The standard InChI is InChI=1S/C7H13ClO4/c1-10-4-5-11-6-7(9)12-3-2-8/h2-6H2,1H3. The Morgan fingerprint density at radius 2 is 2.08 bits per heavy atom. The zero-order chi connectivity index (χ0) is 9.23. The molecule has 12 heavy (non-hydrogen) atoms. The van der Waals surface area contributed by atoms with Crippen molar-refractivity contribution in [3.63, 3.8) is 0 Å². The Morgan fingerprint density at radius 1 is 1.33 bits per heavy atom. The number of alkyl halides is 1. The molecule has 0 fully saturated rings. The van der Waals surface area contributed by atoms with Crippen LogP contribution in [0.15, 0.2) is 0 Å². The molecule has 0 atom stereocenters. The van der Waals surface area contributed by atoms with Crippen molar-refractivity contribution < 1.29 is 19.0 Å². The summed E-state index contributed by atoms with van der Waals surface area (Å²) in [5.41, 5.74) is 0. The number of hydrogen-bond donors (Lipinski definition) is 0. The van der Waals surface area contributed by atoms with Crippen LogP contribution in [-0.4, -0.2) is 45.4 Å². The van der Waals surface area contributed by atoms with Gasteiger partial charge in [-0.3, -0.25) is 0 Å². The Morgan fingerprint density at radius 3 is 2.67 bits per heavy atom. The van der Waals surface area contributed by atoms with Gasteiger partial charge < -0.3 is 14.2 Å². The van der Waals surface area contributed by atoms with Crippen LogP contribution in [-0.2, 0) is 19.0 Å². The van der Waals surface area contributed by atoms with Crippen molar-refractivity contribution in [3.8, 4) is 0 Å². The molecule has 4 nitrogen and oxygen atoms in total. The SMILES string of the molecule is COCCOCC(=O)OCCCl. The summed E-state index contributed by atoms with van der Waals surface area (Å²) in [4.78, 5) is 10.7. The summed E-state index contributed by atoms with van der Waals surface area (Å²) >= 11 is 5.29. The maximum Gasteiger partial charge on any atom is 0.332 e. The molecule has 0 rings (SSSR count). The second-order valence-electron chi connectivity index (χ2n) is 1.95. The topological polar surface area (TPSA) is 44.8 Å². The molecular formula is C7H13ClO4. The molecule has 0 unspecified atom stereocenters. The first-order valence-electron chi connectivity index (χ1n) is 3.59. The number of methoxy groups -OCH3 is 1. The van der Waals surface area contributed by atoms with Crippen LogP contribution in [0.3, 0.4) is 0 Å². The van der Waals surface area contributed by atoms with Gasteiger partial charge >= 0.3 is 5.97 Å². The fourth-order valence-corrected chi connectivity index (χ4v) is 0.569. The molecule has 0 aliphatic carbocycles. The molecule has 0 aromatic carbocycles. The summed E-state index contributed by atoms with van der Waals surface area (Å²) in [6.07, 6.45) is 0. The molecule has 0 radical (unpaired) electrons. The minimum absolute atomic E-state index is 0.0414. The molecule has 0 heterocycles. The summed E-state index contributed by atoms with van der Waals surface area (Å²) in [5, 5.41) is 0. The molecule has 0 amide bonds. The zero-order valence-corrected chi connectivity index (χ0v) is 7.80. The maximum absolute atomic E-state index is 10.7. The van der Waals surface area contributed by atoms with Crippen molar-refractivity contribution in [3.05, 3.63) is 0 Å². The lowest BCUT2D eigenvalue weighted by molar-refractivity contribution is -0.148. The van der Waals surface area contributed by atoms with E-state index < -0.39 is 5.97 Å². The highest BCUT2D eigenvalue weighted by Crippen LogP contribution is 1.83. The third kappa shape index (κ3) is 7.78. The number of carbonyl (C=O) groups is 1. The van der Waals surface area contributed by atoms with Gasteiger partial charge in [-0.1, -0.05) is 0 Å². The second kappa shape index (κ2) is 8.77. The minimum atomic E-state index is -0.397. The Hall–Kier alpha value is -0.320. The van der Waals surface area contributed by atoms with E-state index >= 15 is 0 Å². The third-order valence-corrected chi connectivity index (χ3v) is 1.15. The molecule has 0 aliphatic rings. The highest BCUT2D eigenvalue weighted by molar-refractivity contribution is 6.18. The van der Waals surface area contributed by atoms with Gasteiger partial charge in [0.25, 0.3) is 0 Å². The van der Waals surface area contributed by atoms with Gasteiger partial charge in [0.05, 0.1) is 19.1 Å². The molecule has 0 spiro atoms. The van der Waals surface area contributed by atoms with Crippen molar-refractivity contribution in [1.29, 1.82) is 0 Å². The van der Waals surface area contributed by atoms with Crippen LogP contribution in [0.1, 0.15) is 0 Å². The average molecular weight is 197 g/mol. The first-order chi connectivity index (χ1) is 5.81. The average Bonchev–Trinajstić information content (AvgIpc) is 2.09. The minimum Gasteiger partial charge on any atom is -0.463 e. The van der Waals surface area contributed by atoms with Gasteiger partial charge in [0.1, 0.15) is 13.2 Å². The monoisotopic (exact) mass is 196 g/mol. The lowest BCUT2D eigenvalue weighted by Gasteiger charge is -2.03. The number of ether oxygens (including phenoxy) is 3. The Bertz CT molecular complexity index is 118. The first-order valence-corrected chi connectivity index (χ1v) is 4.13. The number of carbonyl (C=O) groups excluding carboxylic acids is 1. The van der Waals surface area contributed by atoms with Gasteiger partial charge in [-0.05, 0) is 0 Å². The predicted octanol–water partition coefficient (Wildman–Crippen LogP) is 0.431. The van der Waals surface area contributed by atoms with Crippen LogP contribution >= 0.6 is 11.6 Å². The second-order valence-corrected chi connectivity index (χ2v) is 2.33. The van der Waals surface area contributed by atoms with Gasteiger partial charge in [0.2, 0.25) is 0 Å². The highest BCUT2D eigenvalue weighted by atomic mass is 35.5. The molecule has 0 bridgehead atoms. The largest absolute Gasteiger partial charge is 0.463 e. The smallest absolute Gasteiger partial charge is 0.332 e. The number of rotatable bonds is 7. The van der Waals surface area contributed by atoms with Crippen LogP contribution in [0.5, 0.6) is 0 Å². The van der Waals surface area contributed by atoms with Crippen molar-refractivity contribution >= 4 is 17.6 Å². The van der Waals surface area contributed by atoms with E-state index in [-0.39, 0.29) is 13.2 Å². The van der Waals surface area contributed by atoms with Gasteiger partial charge in [0.15, 0.2) is 0 Å². The molecule has 0 aliphatic heterocycles. The Kier molecular flexibility index (Phi) is 8.54. The number of halogens is 1. The van der Waals surface area contributed by atoms with E-state index in [1.54, 1.807) is 7.11 Å². The highest BCUT2D eigenvalue weighted by Gasteiger charge is 2.00. The first kappa shape index (κ1) is 11.7. The quantitative estimate of drug-likeness (QED) is 0.337. The van der Waals surface area contributed by atoms with Crippen LogP contribution in [0.4, 0.5) is 0 Å². The van der Waals surface area contributed by atoms with E-state index in [1.165, 1.54) is 0 Å². The Balaban J connectivity index is 3.08. The lowest BCUT2D eigenvalue weighted by atomic mass is 10.7. The van der Waals surface area contributed by atoms with E-state index in [0.29, 0.717) is 19.1 Å². The van der Waals surface area contributed by atoms with Crippen LogP contribution in [0, 0.1) is 0 Å². The normalized spacial score (nSPS) is 9.83. The van der Waals surface area contributed by atoms with Crippen molar-refractivity contribution in [1.82, 2.24) is 0 Å². The zero-order valence-electron chi connectivity index (χ0n) is 7.05. The molecule has 0 saturated carbocycles. The molecule has 0 aromatic rings. The third-order valence-electron chi connectivity index (χ3n) is 0.992. The van der Waals surface area contributed by atoms with E-state index in [9.17, 15) is 4.79 Å². The van der Waals surface area contributed by atoms with Gasteiger partial charge in [-0.15, -0.1) is 11.6 Å². The van der Waals surface area contributed by atoms with E-state index in [1.807, 2.05) is 0 Å². The summed E-state index contributed by atoms with van der Waals surface area (Å²) in [6.45, 7) is 1.06. The van der Waals surface area contributed by atoms with E-state index in [2.05, 4.69) is 4.74 Å². The Labute approximate surface area is 76.7 Å². The maximum atomic E-state index is 10.7. The lowest BCUT2D eigenvalue weighted by Crippen LogP contribution is -2.15. The van der Waals surface area contributed by atoms with Gasteiger partial charge in [-0.2, -0.15) is 0 Å². The number of esters is 1. The molecular weight excluding hydrogens is 184 g/mol. The molecule has 0 aromatic heterocycles. The molecule has 0 saturated heterocycles. The van der Waals surface area contributed by atoms with Gasteiger partial charge in [-0.25, -0.2) is 4.79 Å². The van der Waals surface area contributed by atoms with Crippen LogP contribution in [0.25, 0.3) is 0 Å². The summed E-state index contributed by atoms with van der Waals surface area (Å²) in [6, 6.07) is 0. The van der Waals surface area contributed by atoms with Crippen molar-refractivity contribution in [2.75, 3.05) is 39.4 Å². The molecule has 5 heteroatoms. The summed E-state index contributed by atoms with van der Waals surface area (Å²) < 4.78 is 14.2. The van der Waals surface area contributed by atoms with Crippen LogP contribution in [0.2, 0.25) is 0 Å². The van der Waals surface area contributed by atoms with Crippen molar-refractivity contribution in [2.45, 2.75) is 0 Å². The van der Waals surface area contributed by atoms with Gasteiger partial charge in [0, 0.05) is 7.11 Å². The molecule has 72 valence electrons. The van der Waals surface area contributed by atoms with E-state index in [0.717, 1.165) is 0 Å². The van der Waals surface area contributed by atoms with Crippen LogP contribution < -0.4 is 0 Å². The summed E-state index contributed by atoms with van der Waals surface area (Å²) in [7, 11) is 1.56. The van der Waals surface area contributed by atoms with Crippen molar-refractivity contribution in [2.24, 2.45) is 0 Å².